The molecule has 1 N–H and O–H groups in total. The number of H-pyrrole nitrogens is 1. The van der Waals surface area contributed by atoms with Gasteiger partial charge in [0.05, 0.1) is 4.47 Å². The van der Waals surface area contributed by atoms with E-state index in [1.807, 2.05) is 18.2 Å². The third-order valence-electron chi connectivity index (χ3n) is 3.30. The molecule has 110 valence electrons. The molecular weight excluding hydrogens is 368 g/mol. The second kappa shape index (κ2) is 6.10. The molecule has 1 aliphatic heterocycles. The minimum absolute atomic E-state index is 0.0998. The van der Waals surface area contributed by atoms with Crippen LogP contribution in [-0.4, -0.2) is 15.7 Å². The van der Waals surface area contributed by atoms with Crippen molar-refractivity contribution >= 4 is 39.9 Å². The van der Waals surface area contributed by atoms with E-state index in [4.69, 9.17) is 17.0 Å². The highest BCUT2D eigenvalue weighted by Crippen LogP contribution is 2.39. The summed E-state index contributed by atoms with van der Waals surface area (Å²) in [5.41, 5.74) is 1.07. The third-order valence-corrected chi connectivity index (χ3v) is 5.78. The third kappa shape index (κ3) is 3.03. The molecule has 1 aromatic heterocycles. The molecule has 3 nitrogen and oxygen atoms in total. The molecule has 0 aliphatic carbocycles. The molecule has 0 amide bonds. The van der Waals surface area contributed by atoms with Crippen LogP contribution in [0.1, 0.15) is 37.4 Å². The van der Waals surface area contributed by atoms with Gasteiger partial charge in [0.2, 0.25) is 0 Å². The number of benzene rings is 1. The van der Waals surface area contributed by atoms with Crippen molar-refractivity contribution in [2.24, 2.45) is 0 Å². The lowest BCUT2D eigenvalue weighted by Crippen LogP contribution is -2.19. The first-order chi connectivity index (χ1) is 10.1. The van der Waals surface area contributed by atoms with E-state index in [0.717, 1.165) is 27.5 Å². The molecule has 2 aromatic rings. The zero-order chi connectivity index (χ0) is 15.0. The number of halogens is 1. The van der Waals surface area contributed by atoms with E-state index >= 15 is 0 Å². The molecule has 0 saturated carbocycles. The van der Waals surface area contributed by atoms with Crippen molar-refractivity contribution in [2.45, 2.75) is 30.8 Å². The number of hydrogen-bond donors (Lipinski definition) is 1. The zero-order valence-electron chi connectivity index (χ0n) is 11.7. The highest BCUT2D eigenvalue weighted by molar-refractivity contribution is 9.10. The van der Waals surface area contributed by atoms with E-state index in [9.17, 15) is 0 Å². The van der Waals surface area contributed by atoms with Gasteiger partial charge in [0, 0.05) is 16.3 Å². The van der Waals surface area contributed by atoms with Gasteiger partial charge in [0.25, 0.3) is 0 Å². The summed E-state index contributed by atoms with van der Waals surface area (Å²) < 4.78 is 7.53. The van der Waals surface area contributed by atoms with Gasteiger partial charge in [-0.2, -0.15) is 0 Å². The lowest BCUT2D eigenvalue weighted by Gasteiger charge is -2.25. The first-order valence-corrected chi connectivity index (χ1v) is 8.93. The summed E-state index contributed by atoms with van der Waals surface area (Å²) in [5.74, 6) is 2.88. The first kappa shape index (κ1) is 15.1. The minimum atomic E-state index is -0.0998. The highest BCUT2D eigenvalue weighted by atomic mass is 79.9. The number of ether oxygens (including phenoxy) is 1. The molecular formula is C15H15BrN2OS2. The van der Waals surface area contributed by atoms with Crippen LogP contribution >= 0.6 is 39.9 Å². The van der Waals surface area contributed by atoms with E-state index in [0.29, 0.717) is 10.6 Å². The van der Waals surface area contributed by atoms with Gasteiger partial charge in [0.1, 0.15) is 16.2 Å². The highest BCUT2D eigenvalue weighted by Gasteiger charge is 2.24. The molecule has 6 heteroatoms. The van der Waals surface area contributed by atoms with Crippen molar-refractivity contribution in [3.05, 3.63) is 44.9 Å². The molecule has 1 atom stereocenters. The van der Waals surface area contributed by atoms with Crippen LogP contribution in [0.25, 0.3) is 0 Å². The maximum Gasteiger partial charge on any atom is 0.165 e. The lowest BCUT2D eigenvalue weighted by molar-refractivity contribution is 0.209. The Labute approximate surface area is 141 Å². The fourth-order valence-corrected chi connectivity index (χ4v) is 4.04. The summed E-state index contributed by atoms with van der Waals surface area (Å²) in [5, 5.41) is 0. The van der Waals surface area contributed by atoms with Crippen LogP contribution in [0.2, 0.25) is 0 Å². The largest absolute Gasteiger partial charge is 0.480 e. The van der Waals surface area contributed by atoms with E-state index in [1.54, 1.807) is 11.8 Å². The Morgan fingerprint density at radius 1 is 1.43 bits per heavy atom. The Balaban J connectivity index is 1.97. The van der Waals surface area contributed by atoms with Gasteiger partial charge in [-0.15, -0.1) is 11.8 Å². The fourth-order valence-electron chi connectivity index (χ4n) is 2.20. The average molecular weight is 383 g/mol. The van der Waals surface area contributed by atoms with Gasteiger partial charge in [-0.1, -0.05) is 38.2 Å². The van der Waals surface area contributed by atoms with Crippen LogP contribution in [0.5, 0.6) is 5.75 Å². The Bertz CT molecular complexity index is 730. The van der Waals surface area contributed by atoms with Crippen molar-refractivity contribution in [1.29, 1.82) is 0 Å². The maximum absolute atomic E-state index is 6.07. The molecule has 0 radical (unpaired) electrons. The van der Waals surface area contributed by atoms with Crippen LogP contribution in [0.15, 0.2) is 33.6 Å². The monoisotopic (exact) mass is 382 g/mol. The maximum atomic E-state index is 6.07. The zero-order valence-corrected chi connectivity index (χ0v) is 14.9. The molecule has 3 rings (SSSR count). The van der Waals surface area contributed by atoms with Gasteiger partial charge in [-0.3, -0.25) is 0 Å². The average Bonchev–Trinajstić information content (AvgIpc) is 2.49. The number of para-hydroxylation sites is 1. The SMILES string of the molecule is CC(C)c1[nH]c(C2CSc3ccccc3O2)nc(=S)c1Br. The summed E-state index contributed by atoms with van der Waals surface area (Å²) in [4.78, 5) is 9.05. The van der Waals surface area contributed by atoms with Crippen molar-refractivity contribution < 1.29 is 4.74 Å². The van der Waals surface area contributed by atoms with Gasteiger partial charge in [-0.05, 0) is 34.0 Å². The van der Waals surface area contributed by atoms with E-state index in [1.165, 1.54) is 4.90 Å². The van der Waals surface area contributed by atoms with Crippen LogP contribution < -0.4 is 4.74 Å². The Morgan fingerprint density at radius 2 is 2.19 bits per heavy atom. The Hall–Kier alpha value is -0.850. The normalized spacial score (nSPS) is 17.4. The molecule has 0 spiro atoms. The van der Waals surface area contributed by atoms with Gasteiger partial charge in [-0.25, -0.2) is 4.98 Å². The van der Waals surface area contributed by atoms with Crippen LogP contribution in [-0.2, 0) is 0 Å². The van der Waals surface area contributed by atoms with Crippen molar-refractivity contribution in [1.82, 2.24) is 9.97 Å². The number of fused-ring (bicyclic) bond motifs is 1. The molecule has 0 bridgehead atoms. The second-order valence-electron chi connectivity index (χ2n) is 5.17. The summed E-state index contributed by atoms with van der Waals surface area (Å²) >= 11 is 10.7. The molecule has 0 fully saturated rings. The van der Waals surface area contributed by atoms with E-state index in [2.05, 4.69) is 45.8 Å². The van der Waals surface area contributed by atoms with Gasteiger partial charge >= 0.3 is 0 Å². The number of rotatable bonds is 2. The van der Waals surface area contributed by atoms with Gasteiger partial charge in [0.15, 0.2) is 6.10 Å². The summed E-state index contributed by atoms with van der Waals surface area (Å²) in [7, 11) is 0. The number of nitrogens with zero attached hydrogens (tertiary/aromatic N) is 1. The number of aromatic amines is 1. The number of aromatic nitrogens is 2. The van der Waals surface area contributed by atoms with Crippen LogP contribution in [0.4, 0.5) is 0 Å². The topological polar surface area (TPSA) is 37.9 Å². The lowest BCUT2D eigenvalue weighted by atomic mass is 10.1. The molecule has 2 heterocycles. The molecule has 0 saturated heterocycles. The first-order valence-electron chi connectivity index (χ1n) is 6.74. The fraction of sp³-hybridized carbons (Fsp3) is 0.333. The van der Waals surface area contributed by atoms with Crippen molar-refractivity contribution in [3.63, 3.8) is 0 Å². The van der Waals surface area contributed by atoms with Crippen LogP contribution in [0, 0.1) is 4.64 Å². The Morgan fingerprint density at radius 3 is 2.95 bits per heavy atom. The molecule has 21 heavy (non-hydrogen) atoms. The standard InChI is InChI=1S/C15H15BrN2OS2/c1-8(2)13-12(16)15(20)18-14(17-13)10-7-21-11-6-4-3-5-9(11)19-10/h3-6,8,10H,7H2,1-2H3,(H,17,18,20). The molecule has 1 aliphatic rings. The number of thioether (sulfide) groups is 1. The van der Waals surface area contributed by atoms with Crippen molar-refractivity contribution in [3.8, 4) is 5.75 Å². The minimum Gasteiger partial charge on any atom is -0.480 e. The molecule has 1 unspecified atom stereocenters. The summed E-state index contributed by atoms with van der Waals surface area (Å²) in [6.45, 7) is 4.25. The summed E-state index contributed by atoms with van der Waals surface area (Å²) in [6.07, 6.45) is -0.0998. The van der Waals surface area contributed by atoms with Gasteiger partial charge < -0.3 is 9.72 Å². The summed E-state index contributed by atoms with van der Waals surface area (Å²) in [6, 6.07) is 8.08. The predicted octanol–water partition coefficient (Wildman–Crippen LogP) is 5.25. The quantitative estimate of drug-likeness (QED) is 0.719. The van der Waals surface area contributed by atoms with E-state index in [-0.39, 0.29) is 6.10 Å². The van der Waals surface area contributed by atoms with Crippen molar-refractivity contribution in [2.75, 3.05) is 5.75 Å². The molecule has 1 aromatic carbocycles. The number of nitrogens with one attached hydrogen (secondary N) is 1. The Kier molecular flexibility index (Phi) is 4.38. The number of hydrogen-bond acceptors (Lipinski definition) is 4. The van der Waals surface area contributed by atoms with E-state index < -0.39 is 0 Å². The second-order valence-corrected chi connectivity index (χ2v) is 7.42. The predicted molar refractivity (Wildman–Crippen MR) is 91.7 cm³/mol. The van der Waals surface area contributed by atoms with Crippen LogP contribution in [0.3, 0.4) is 0 Å². The smallest absolute Gasteiger partial charge is 0.165 e.